The van der Waals surface area contributed by atoms with Gasteiger partial charge in [-0.05, 0) is 12.1 Å². The second kappa shape index (κ2) is 2.63. The van der Waals surface area contributed by atoms with Gasteiger partial charge in [0.15, 0.2) is 0 Å². The van der Waals surface area contributed by atoms with Crippen LogP contribution in [0.1, 0.15) is 0 Å². The van der Waals surface area contributed by atoms with E-state index in [2.05, 4.69) is 0 Å². The number of phenolic OH excluding ortho intramolecular Hbond substituents is 1. The summed E-state index contributed by atoms with van der Waals surface area (Å²) in [4.78, 5) is 9.77. The van der Waals surface area contributed by atoms with Crippen molar-refractivity contribution in [3.63, 3.8) is 0 Å². The average Bonchev–Trinajstić information content (AvgIpc) is 2.49. The number of nitro benzene ring substituents is 1. The number of nitro groups is 1. The maximum atomic E-state index is 10.4. The summed E-state index contributed by atoms with van der Waals surface area (Å²) in [6.45, 7) is 0. The molecule has 0 radical (unpaired) electrons. The number of benzene rings is 1. The molecule has 0 saturated heterocycles. The van der Waals surface area contributed by atoms with Gasteiger partial charge in [0.2, 0.25) is 5.75 Å². The molecule has 0 amide bonds. The summed E-state index contributed by atoms with van der Waals surface area (Å²) in [7, 11) is 0. The minimum absolute atomic E-state index is 0.252. The van der Waals surface area contributed by atoms with Crippen molar-refractivity contribution in [1.82, 2.24) is 4.73 Å². The van der Waals surface area contributed by atoms with Gasteiger partial charge in [-0.3, -0.25) is 10.1 Å². The van der Waals surface area contributed by atoms with Crippen molar-refractivity contribution in [3.05, 3.63) is 34.5 Å². The molecule has 1 aromatic heterocycles. The van der Waals surface area contributed by atoms with Crippen LogP contribution in [0.15, 0.2) is 24.4 Å². The molecular formula is C8H6N2O4. The van der Waals surface area contributed by atoms with Gasteiger partial charge in [-0.2, -0.15) is 4.73 Å². The number of aromatic hydroxyl groups is 1. The van der Waals surface area contributed by atoms with Crippen molar-refractivity contribution in [2.24, 2.45) is 0 Å². The molecule has 2 N–H and O–H groups in total. The summed E-state index contributed by atoms with van der Waals surface area (Å²) < 4.78 is 0.790. The molecule has 2 aromatic rings. The number of fused-ring (bicyclic) bond motifs is 1. The van der Waals surface area contributed by atoms with Crippen LogP contribution in [-0.4, -0.2) is 20.0 Å². The quantitative estimate of drug-likeness (QED) is 0.409. The lowest BCUT2D eigenvalue weighted by molar-refractivity contribution is -0.385. The molecule has 0 aliphatic heterocycles. The lowest BCUT2D eigenvalue weighted by atomic mass is 10.2. The molecule has 0 saturated carbocycles. The van der Waals surface area contributed by atoms with E-state index in [4.69, 9.17) is 0 Å². The van der Waals surface area contributed by atoms with Crippen molar-refractivity contribution in [2.45, 2.75) is 0 Å². The minimum atomic E-state index is -0.677. The van der Waals surface area contributed by atoms with Gasteiger partial charge in [-0.1, -0.05) is 0 Å². The van der Waals surface area contributed by atoms with Gasteiger partial charge in [0.1, 0.15) is 0 Å². The lowest BCUT2D eigenvalue weighted by Gasteiger charge is -1.98. The highest BCUT2D eigenvalue weighted by Gasteiger charge is 2.17. The van der Waals surface area contributed by atoms with Crippen molar-refractivity contribution in [3.8, 4) is 5.75 Å². The first-order valence-corrected chi connectivity index (χ1v) is 3.78. The molecule has 0 atom stereocenters. The van der Waals surface area contributed by atoms with Crippen molar-refractivity contribution >= 4 is 16.6 Å². The van der Waals surface area contributed by atoms with Gasteiger partial charge < -0.3 is 10.3 Å². The lowest BCUT2D eigenvalue weighted by Crippen LogP contribution is -1.90. The van der Waals surface area contributed by atoms with Crippen LogP contribution in [-0.2, 0) is 0 Å². The predicted molar refractivity (Wildman–Crippen MR) is 47.4 cm³/mol. The topological polar surface area (TPSA) is 88.5 Å². The van der Waals surface area contributed by atoms with Crippen LogP contribution < -0.4 is 0 Å². The highest BCUT2D eigenvalue weighted by molar-refractivity contribution is 5.89. The van der Waals surface area contributed by atoms with Gasteiger partial charge in [0.25, 0.3) is 0 Å². The van der Waals surface area contributed by atoms with Gasteiger partial charge in [-0.25, -0.2) is 0 Å². The molecule has 0 bridgehead atoms. The normalized spacial score (nSPS) is 10.6. The highest BCUT2D eigenvalue weighted by Crippen LogP contribution is 2.33. The van der Waals surface area contributed by atoms with Crippen molar-refractivity contribution in [2.75, 3.05) is 0 Å². The maximum Gasteiger partial charge on any atom is 0.311 e. The molecular weight excluding hydrogens is 188 g/mol. The zero-order chi connectivity index (χ0) is 10.3. The first-order chi connectivity index (χ1) is 6.61. The largest absolute Gasteiger partial charge is 0.502 e. The SMILES string of the molecule is O=[N+]([O-])c1ccc2c(ccn2O)c1O. The Morgan fingerprint density at radius 3 is 2.71 bits per heavy atom. The van der Waals surface area contributed by atoms with Crippen LogP contribution in [0.4, 0.5) is 5.69 Å². The number of hydrogen-bond acceptors (Lipinski definition) is 4. The second-order valence-electron chi connectivity index (χ2n) is 2.78. The predicted octanol–water partition coefficient (Wildman–Crippen LogP) is 1.49. The third-order valence-corrected chi connectivity index (χ3v) is 2.00. The molecule has 2 rings (SSSR count). The molecule has 0 fully saturated rings. The van der Waals surface area contributed by atoms with E-state index in [0.29, 0.717) is 5.52 Å². The highest BCUT2D eigenvalue weighted by atomic mass is 16.6. The molecule has 6 nitrogen and oxygen atoms in total. The number of aromatic nitrogens is 1. The Hall–Kier alpha value is -2.24. The Kier molecular flexibility index (Phi) is 1.57. The Bertz CT molecular complexity index is 517. The summed E-state index contributed by atoms with van der Waals surface area (Å²) in [6.07, 6.45) is 1.30. The Morgan fingerprint density at radius 1 is 1.36 bits per heavy atom. The van der Waals surface area contributed by atoms with E-state index in [1.54, 1.807) is 0 Å². The van der Waals surface area contributed by atoms with Crippen LogP contribution in [0.5, 0.6) is 5.75 Å². The number of nitrogens with zero attached hydrogens (tertiary/aromatic N) is 2. The molecule has 1 aromatic carbocycles. The van der Waals surface area contributed by atoms with Crippen LogP contribution >= 0.6 is 0 Å². The Balaban J connectivity index is 2.82. The molecule has 0 aliphatic rings. The molecule has 6 heteroatoms. The third kappa shape index (κ3) is 0.972. The molecule has 14 heavy (non-hydrogen) atoms. The van der Waals surface area contributed by atoms with Crippen molar-refractivity contribution < 1.29 is 15.2 Å². The van der Waals surface area contributed by atoms with E-state index < -0.39 is 10.7 Å². The average molecular weight is 194 g/mol. The fraction of sp³-hybridized carbons (Fsp3) is 0. The fourth-order valence-electron chi connectivity index (χ4n) is 1.32. The van der Waals surface area contributed by atoms with Crippen molar-refractivity contribution in [1.29, 1.82) is 0 Å². The molecule has 0 unspecified atom stereocenters. The second-order valence-corrected chi connectivity index (χ2v) is 2.78. The maximum absolute atomic E-state index is 10.4. The number of rotatable bonds is 1. The summed E-state index contributed by atoms with van der Waals surface area (Å²) in [5.41, 5.74) is -0.0446. The zero-order valence-corrected chi connectivity index (χ0v) is 6.91. The molecule has 72 valence electrons. The van der Waals surface area contributed by atoms with E-state index in [1.807, 2.05) is 0 Å². The third-order valence-electron chi connectivity index (χ3n) is 2.00. The number of hydrogen-bond donors (Lipinski definition) is 2. The summed E-state index contributed by atoms with van der Waals surface area (Å²) in [6, 6.07) is 3.91. The Morgan fingerprint density at radius 2 is 2.07 bits per heavy atom. The molecule has 0 aliphatic carbocycles. The monoisotopic (exact) mass is 194 g/mol. The van der Waals surface area contributed by atoms with Crippen LogP contribution in [0.25, 0.3) is 10.9 Å². The van der Waals surface area contributed by atoms with Gasteiger partial charge in [0, 0.05) is 12.3 Å². The van der Waals surface area contributed by atoms with E-state index in [-0.39, 0.29) is 11.1 Å². The van der Waals surface area contributed by atoms with E-state index in [9.17, 15) is 20.4 Å². The Labute approximate surface area is 77.7 Å². The van der Waals surface area contributed by atoms with E-state index in [1.165, 1.54) is 18.3 Å². The summed E-state index contributed by atoms with van der Waals surface area (Å²) in [5.74, 6) is -0.430. The first kappa shape index (κ1) is 8.36. The smallest absolute Gasteiger partial charge is 0.311 e. The summed E-state index contributed by atoms with van der Waals surface area (Å²) >= 11 is 0. The molecule has 1 heterocycles. The number of phenols is 1. The van der Waals surface area contributed by atoms with Crippen LogP contribution in [0, 0.1) is 10.1 Å². The van der Waals surface area contributed by atoms with Crippen LogP contribution in [0.3, 0.4) is 0 Å². The molecule has 0 spiro atoms. The van der Waals surface area contributed by atoms with Gasteiger partial charge >= 0.3 is 5.69 Å². The van der Waals surface area contributed by atoms with E-state index >= 15 is 0 Å². The minimum Gasteiger partial charge on any atom is -0.502 e. The fourth-order valence-corrected chi connectivity index (χ4v) is 1.32. The summed E-state index contributed by atoms with van der Waals surface area (Å²) in [5, 5.41) is 29.4. The van der Waals surface area contributed by atoms with Crippen LogP contribution in [0.2, 0.25) is 0 Å². The van der Waals surface area contributed by atoms with E-state index in [0.717, 1.165) is 10.8 Å². The van der Waals surface area contributed by atoms with Gasteiger partial charge in [-0.15, -0.1) is 0 Å². The zero-order valence-electron chi connectivity index (χ0n) is 6.91. The standard InChI is InChI=1S/C8H6N2O4/c11-8-5-3-4-9(12)6(5)1-2-7(8)10(13)14/h1-4,11-12H. The first-order valence-electron chi connectivity index (χ1n) is 3.78. The van der Waals surface area contributed by atoms with Gasteiger partial charge in [0.05, 0.1) is 15.8 Å².